The summed E-state index contributed by atoms with van der Waals surface area (Å²) < 4.78 is 33.3. The lowest BCUT2D eigenvalue weighted by atomic mass is 9.84. The smallest absolute Gasteiger partial charge is 0.222 e. The molecule has 2 nitrogen and oxygen atoms in total. The number of rotatable bonds is 2. The van der Waals surface area contributed by atoms with Gasteiger partial charge in [-0.2, -0.15) is 0 Å². The molecule has 3 rings (SSSR count). The molecule has 0 bridgehead atoms. The van der Waals surface area contributed by atoms with E-state index in [9.17, 15) is 8.78 Å². The van der Waals surface area contributed by atoms with Crippen LogP contribution in [-0.2, 0) is 10.2 Å². The number of aliphatic imine (C=N–C) groups is 1. The molecule has 0 aliphatic carbocycles. The van der Waals surface area contributed by atoms with Crippen molar-refractivity contribution in [3.05, 3.63) is 70.3 Å². The van der Waals surface area contributed by atoms with E-state index in [2.05, 4.69) is 37.9 Å². The minimum atomic E-state index is -0.658. The summed E-state index contributed by atoms with van der Waals surface area (Å²) >= 11 is 0. The van der Waals surface area contributed by atoms with Crippen LogP contribution in [0.15, 0.2) is 41.4 Å². The van der Waals surface area contributed by atoms with E-state index in [1.807, 2.05) is 13.0 Å². The molecule has 0 saturated heterocycles. The predicted molar refractivity (Wildman–Crippen MR) is 91.5 cm³/mol. The Hall–Kier alpha value is -2.23. The summed E-state index contributed by atoms with van der Waals surface area (Å²) in [5, 5.41) is 0. The maximum absolute atomic E-state index is 13.9. The fraction of sp³-hybridized carbons (Fsp3) is 0.350. The van der Waals surface area contributed by atoms with Crippen LogP contribution in [0, 0.1) is 18.6 Å². The van der Waals surface area contributed by atoms with Gasteiger partial charge in [-0.05, 0) is 41.2 Å². The lowest BCUT2D eigenvalue weighted by Crippen LogP contribution is -2.12. The lowest BCUT2D eigenvalue weighted by molar-refractivity contribution is 0.317. The number of hydrogen-bond acceptors (Lipinski definition) is 2. The third-order valence-electron chi connectivity index (χ3n) is 4.32. The van der Waals surface area contributed by atoms with Gasteiger partial charge >= 0.3 is 0 Å². The zero-order chi connectivity index (χ0) is 17.5. The Bertz CT molecular complexity index is 786. The number of nitrogens with zero attached hydrogens (tertiary/aromatic N) is 1. The largest absolute Gasteiger partial charge is 0.475 e. The number of aryl methyl sites for hydroxylation is 1. The van der Waals surface area contributed by atoms with E-state index in [1.54, 1.807) is 0 Å². The van der Waals surface area contributed by atoms with E-state index < -0.39 is 11.6 Å². The van der Waals surface area contributed by atoms with Crippen LogP contribution in [0.4, 0.5) is 8.78 Å². The number of halogens is 2. The second-order valence-electron chi connectivity index (χ2n) is 7.18. The molecular weight excluding hydrogens is 308 g/mol. The van der Waals surface area contributed by atoms with E-state index in [0.717, 1.165) is 11.1 Å². The van der Waals surface area contributed by atoms with Crippen LogP contribution < -0.4 is 0 Å². The van der Waals surface area contributed by atoms with Gasteiger partial charge in [0.2, 0.25) is 5.90 Å². The monoisotopic (exact) mass is 329 g/mol. The van der Waals surface area contributed by atoms with Gasteiger partial charge in [0.05, 0.1) is 0 Å². The maximum atomic E-state index is 13.9. The first-order valence-corrected chi connectivity index (χ1v) is 8.03. The molecule has 0 amide bonds. The highest BCUT2D eigenvalue weighted by Crippen LogP contribution is 2.31. The highest BCUT2D eigenvalue weighted by Gasteiger charge is 2.27. The highest BCUT2D eigenvalue weighted by molar-refractivity contribution is 5.95. The minimum absolute atomic E-state index is 0.0369. The molecule has 126 valence electrons. The van der Waals surface area contributed by atoms with Gasteiger partial charge in [0, 0.05) is 0 Å². The van der Waals surface area contributed by atoms with Crippen molar-refractivity contribution < 1.29 is 13.5 Å². The van der Waals surface area contributed by atoms with E-state index in [1.165, 1.54) is 23.8 Å². The van der Waals surface area contributed by atoms with Gasteiger partial charge in [-0.1, -0.05) is 45.0 Å². The van der Waals surface area contributed by atoms with Gasteiger partial charge in [0.25, 0.3) is 0 Å². The molecule has 1 heterocycles. The molecule has 1 atom stereocenters. The third-order valence-corrected chi connectivity index (χ3v) is 4.32. The van der Waals surface area contributed by atoms with Gasteiger partial charge in [0.1, 0.15) is 29.8 Å². The fourth-order valence-electron chi connectivity index (χ4n) is 2.89. The summed E-state index contributed by atoms with van der Waals surface area (Å²) in [7, 11) is 0. The Kier molecular flexibility index (Phi) is 4.16. The van der Waals surface area contributed by atoms with Crippen molar-refractivity contribution in [2.75, 3.05) is 6.61 Å². The summed E-state index contributed by atoms with van der Waals surface area (Å²) in [6.45, 7) is 8.81. The molecule has 1 aliphatic heterocycles. The van der Waals surface area contributed by atoms with Crippen molar-refractivity contribution in [2.45, 2.75) is 39.2 Å². The summed E-state index contributed by atoms with van der Waals surface area (Å²) in [6.07, 6.45) is 0. The highest BCUT2D eigenvalue weighted by atomic mass is 19.1. The first-order valence-electron chi connectivity index (χ1n) is 8.03. The van der Waals surface area contributed by atoms with Crippen molar-refractivity contribution >= 4 is 5.90 Å². The summed E-state index contributed by atoms with van der Waals surface area (Å²) in [6, 6.07) is 9.77. The maximum Gasteiger partial charge on any atom is 0.222 e. The van der Waals surface area contributed by atoms with Crippen LogP contribution >= 0.6 is 0 Å². The Balaban J connectivity index is 1.94. The van der Waals surface area contributed by atoms with Gasteiger partial charge in [-0.3, -0.25) is 0 Å². The summed E-state index contributed by atoms with van der Waals surface area (Å²) in [4.78, 5) is 4.42. The van der Waals surface area contributed by atoms with E-state index in [-0.39, 0.29) is 22.9 Å². The van der Waals surface area contributed by atoms with E-state index in [4.69, 9.17) is 4.74 Å². The van der Waals surface area contributed by atoms with Crippen LogP contribution in [-0.4, -0.2) is 12.5 Å². The molecule has 0 aromatic heterocycles. The molecule has 1 unspecified atom stereocenters. The molecule has 0 spiro atoms. The molecule has 0 N–H and O–H groups in total. The molecule has 0 fully saturated rings. The van der Waals surface area contributed by atoms with E-state index in [0.29, 0.717) is 6.61 Å². The second-order valence-corrected chi connectivity index (χ2v) is 7.18. The minimum Gasteiger partial charge on any atom is -0.475 e. The Morgan fingerprint density at radius 1 is 1.08 bits per heavy atom. The number of benzene rings is 2. The van der Waals surface area contributed by atoms with Crippen LogP contribution in [0.1, 0.15) is 49.1 Å². The quantitative estimate of drug-likeness (QED) is 0.752. The molecule has 2 aromatic carbocycles. The standard InChI is InChI=1S/C20H21F2NO/c1-12-10-13(20(2,3)4)8-9-14(12)17-11-24-19(23-17)18-15(21)6-5-7-16(18)22/h5-10,17H,11H2,1-4H3. The van der Waals surface area contributed by atoms with Gasteiger partial charge < -0.3 is 4.74 Å². The Morgan fingerprint density at radius 2 is 1.75 bits per heavy atom. The third kappa shape index (κ3) is 3.05. The van der Waals surface area contributed by atoms with E-state index >= 15 is 0 Å². The molecule has 2 aromatic rings. The molecule has 1 aliphatic rings. The van der Waals surface area contributed by atoms with Crippen molar-refractivity contribution in [3.63, 3.8) is 0 Å². The van der Waals surface area contributed by atoms with Crippen LogP contribution in [0.5, 0.6) is 0 Å². The molecular formula is C20H21F2NO. The van der Waals surface area contributed by atoms with Gasteiger partial charge in [-0.25, -0.2) is 13.8 Å². The number of ether oxygens (including phenoxy) is 1. The second kappa shape index (κ2) is 6.00. The average Bonchev–Trinajstić information content (AvgIpc) is 2.95. The fourth-order valence-corrected chi connectivity index (χ4v) is 2.89. The molecule has 24 heavy (non-hydrogen) atoms. The molecule has 4 heteroatoms. The van der Waals surface area contributed by atoms with Crippen molar-refractivity contribution in [2.24, 2.45) is 4.99 Å². The first-order chi connectivity index (χ1) is 11.3. The van der Waals surface area contributed by atoms with Crippen molar-refractivity contribution in [1.29, 1.82) is 0 Å². The number of hydrogen-bond donors (Lipinski definition) is 0. The van der Waals surface area contributed by atoms with Gasteiger partial charge in [0.15, 0.2) is 0 Å². The average molecular weight is 329 g/mol. The van der Waals surface area contributed by atoms with Crippen LogP contribution in [0.25, 0.3) is 0 Å². The summed E-state index contributed by atoms with van der Waals surface area (Å²) in [5.41, 5.74) is 3.25. The predicted octanol–water partition coefficient (Wildman–Crippen LogP) is 5.09. The topological polar surface area (TPSA) is 21.6 Å². The molecule has 0 radical (unpaired) electrons. The Morgan fingerprint density at radius 3 is 2.33 bits per heavy atom. The van der Waals surface area contributed by atoms with Crippen LogP contribution in [0.2, 0.25) is 0 Å². The summed E-state index contributed by atoms with van der Waals surface area (Å²) in [5.74, 6) is -1.28. The SMILES string of the molecule is Cc1cc(C(C)(C)C)ccc1C1COC(c2c(F)cccc2F)=N1. The first kappa shape index (κ1) is 16.6. The van der Waals surface area contributed by atoms with Crippen LogP contribution in [0.3, 0.4) is 0 Å². The molecule has 0 saturated carbocycles. The zero-order valence-corrected chi connectivity index (χ0v) is 14.4. The van der Waals surface area contributed by atoms with Crippen molar-refractivity contribution in [1.82, 2.24) is 0 Å². The Labute approximate surface area is 141 Å². The normalized spacial score (nSPS) is 17.6. The lowest BCUT2D eigenvalue weighted by Gasteiger charge is -2.21. The van der Waals surface area contributed by atoms with Crippen molar-refractivity contribution in [3.8, 4) is 0 Å². The zero-order valence-electron chi connectivity index (χ0n) is 14.4. The van der Waals surface area contributed by atoms with Gasteiger partial charge in [-0.15, -0.1) is 0 Å².